The maximum absolute atomic E-state index is 11.1. The van der Waals surface area contributed by atoms with Gasteiger partial charge in [-0.3, -0.25) is 14.9 Å². The minimum atomic E-state index is -0.955. The van der Waals surface area contributed by atoms with Crippen molar-refractivity contribution in [1.29, 1.82) is 0 Å². The third kappa shape index (κ3) is 2.97. The normalized spacial score (nSPS) is 11.1. The number of nitro groups is 1. The summed E-state index contributed by atoms with van der Waals surface area (Å²) in [6.07, 6.45) is 0.240. The number of rotatable bonds is 5. The van der Waals surface area contributed by atoms with Gasteiger partial charge in [0.25, 0.3) is 5.69 Å². The van der Waals surface area contributed by atoms with Crippen LogP contribution in [0.25, 0.3) is 0 Å². The van der Waals surface area contributed by atoms with E-state index in [9.17, 15) is 14.9 Å². The SMILES string of the molecule is COc1cc([N+](=O)[O-])ccc1CC(C)(C)C(=O)O. The van der Waals surface area contributed by atoms with Crippen molar-refractivity contribution in [3.8, 4) is 5.75 Å². The molecule has 6 nitrogen and oxygen atoms in total. The van der Waals surface area contributed by atoms with Gasteiger partial charge >= 0.3 is 5.97 Å². The third-order valence-corrected chi connectivity index (χ3v) is 2.69. The maximum Gasteiger partial charge on any atom is 0.309 e. The molecule has 0 saturated carbocycles. The molecule has 0 spiro atoms. The molecule has 0 saturated heterocycles. The Labute approximate surface area is 104 Å². The first-order chi connectivity index (χ1) is 8.27. The summed E-state index contributed by atoms with van der Waals surface area (Å²) >= 11 is 0. The fourth-order valence-electron chi connectivity index (χ4n) is 1.54. The van der Waals surface area contributed by atoms with Gasteiger partial charge in [-0.1, -0.05) is 0 Å². The smallest absolute Gasteiger partial charge is 0.309 e. The zero-order valence-corrected chi connectivity index (χ0v) is 10.5. The fourth-order valence-corrected chi connectivity index (χ4v) is 1.54. The van der Waals surface area contributed by atoms with Gasteiger partial charge in [0, 0.05) is 6.07 Å². The van der Waals surface area contributed by atoms with Crippen molar-refractivity contribution < 1.29 is 19.6 Å². The second-order valence-corrected chi connectivity index (χ2v) is 4.62. The fraction of sp³-hybridized carbons (Fsp3) is 0.417. The van der Waals surface area contributed by atoms with Crippen LogP contribution < -0.4 is 4.74 Å². The molecule has 0 radical (unpaired) electrons. The highest BCUT2D eigenvalue weighted by Gasteiger charge is 2.29. The molecule has 0 amide bonds. The van der Waals surface area contributed by atoms with Gasteiger partial charge in [-0.05, 0) is 31.9 Å². The largest absolute Gasteiger partial charge is 0.496 e. The summed E-state index contributed by atoms with van der Waals surface area (Å²) in [5.74, 6) is -0.596. The Hall–Kier alpha value is -2.11. The monoisotopic (exact) mass is 253 g/mol. The number of methoxy groups -OCH3 is 1. The number of non-ortho nitro benzene ring substituents is 1. The molecule has 0 aliphatic rings. The van der Waals surface area contributed by atoms with Gasteiger partial charge in [-0.15, -0.1) is 0 Å². The molecule has 98 valence electrons. The summed E-state index contributed by atoms with van der Waals surface area (Å²) in [6.45, 7) is 3.19. The lowest BCUT2D eigenvalue weighted by atomic mass is 9.85. The molecular weight excluding hydrogens is 238 g/mol. The predicted molar refractivity (Wildman–Crippen MR) is 64.8 cm³/mol. The summed E-state index contributed by atoms with van der Waals surface area (Å²) in [5, 5.41) is 19.7. The van der Waals surface area contributed by atoms with Gasteiger partial charge in [0.1, 0.15) is 5.75 Å². The number of carbonyl (C=O) groups is 1. The molecule has 1 aromatic rings. The van der Waals surface area contributed by atoms with E-state index in [2.05, 4.69) is 0 Å². The zero-order chi connectivity index (χ0) is 13.9. The summed E-state index contributed by atoms with van der Waals surface area (Å²) < 4.78 is 5.06. The highest BCUT2D eigenvalue weighted by atomic mass is 16.6. The number of nitrogens with zero attached hydrogens (tertiary/aromatic N) is 1. The van der Waals surface area contributed by atoms with Crippen LogP contribution in [0.15, 0.2) is 18.2 Å². The predicted octanol–water partition coefficient (Wildman–Crippen LogP) is 2.26. The molecule has 1 aromatic carbocycles. The lowest BCUT2D eigenvalue weighted by molar-refractivity contribution is -0.384. The third-order valence-electron chi connectivity index (χ3n) is 2.69. The number of aliphatic carboxylic acids is 1. The van der Waals surface area contributed by atoms with Crippen LogP contribution in [-0.4, -0.2) is 23.1 Å². The molecule has 1 N–H and O–H groups in total. The van der Waals surface area contributed by atoms with E-state index in [0.717, 1.165) is 0 Å². The van der Waals surface area contributed by atoms with E-state index in [1.807, 2.05) is 0 Å². The van der Waals surface area contributed by atoms with Gasteiger partial charge in [-0.25, -0.2) is 0 Å². The molecule has 0 fully saturated rings. The van der Waals surface area contributed by atoms with E-state index >= 15 is 0 Å². The van der Waals surface area contributed by atoms with Gasteiger partial charge in [0.05, 0.1) is 23.5 Å². The average molecular weight is 253 g/mol. The number of ether oxygens (including phenoxy) is 1. The van der Waals surface area contributed by atoms with Crippen LogP contribution in [-0.2, 0) is 11.2 Å². The van der Waals surface area contributed by atoms with Crippen LogP contribution in [0.4, 0.5) is 5.69 Å². The van der Waals surface area contributed by atoms with Crippen molar-refractivity contribution in [2.24, 2.45) is 5.41 Å². The van der Waals surface area contributed by atoms with E-state index in [1.54, 1.807) is 13.8 Å². The molecule has 0 heterocycles. The molecular formula is C12H15NO5. The second kappa shape index (κ2) is 5.03. The number of nitro benzene ring substituents is 1. The summed E-state index contributed by atoms with van der Waals surface area (Å²) in [6, 6.07) is 4.17. The van der Waals surface area contributed by atoms with Crippen molar-refractivity contribution >= 4 is 11.7 Å². The second-order valence-electron chi connectivity index (χ2n) is 4.62. The number of benzene rings is 1. The number of hydrogen-bond acceptors (Lipinski definition) is 4. The van der Waals surface area contributed by atoms with Crippen molar-refractivity contribution in [2.75, 3.05) is 7.11 Å². The highest BCUT2D eigenvalue weighted by molar-refractivity contribution is 5.74. The standard InChI is InChI=1S/C12H15NO5/c1-12(2,11(14)15)7-8-4-5-9(13(16)17)6-10(8)18-3/h4-6H,7H2,1-3H3,(H,14,15). The Balaban J connectivity index is 3.11. The Morgan fingerprint density at radius 2 is 2.11 bits per heavy atom. The molecule has 18 heavy (non-hydrogen) atoms. The molecule has 6 heteroatoms. The highest BCUT2D eigenvalue weighted by Crippen LogP contribution is 2.30. The first kappa shape index (κ1) is 14.0. The first-order valence-corrected chi connectivity index (χ1v) is 5.32. The van der Waals surface area contributed by atoms with Crippen molar-refractivity contribution in [3.05, 3.63) is 33.9 Å². The maximum atomic E-state index is 11.1. The molecule has 0 atom stereocenters. The first-order valence-electron chi connectivity index (χ1n) is 5.32. The van der Waals surface area contributed by atoms with Gasteiger partial charge in [0.15, 0.2) is 0 Å². The minimum absolute atomic E-state index is 0.0799. The minimum Gasteiger partial charge on any atom is -0.496 e. The molecule has 0 aromatic heterocycles. The van der Waals surface area contributed by atoms with E-state index in [1.165, 1.54) is 25.3 Å². The van der Waals surface area contributed by atoms with Gasteiger partial charge < -0.3 is 9.84 Å². The Kier molecular flexibility index (Phi) is 3.90. The number of carboxylic acids is 1. The summed E-state index contributed by atoms with van der Waals surface area (Å²) in [4.78, 5) is 21.2. The van der Waals surface area contributed by atoms with Crippen molar-refractivity contribution in [1.82, 2.24) is 0 Å². The molecule has 0 aliphatic carbocycles. The van der Waals surface area contributed by atoms with Crippen LogP contribution in [0, 0.1) is 15.5 Å². The lowest BCUT2D eigenvalue weighted by Gasteiger charge is -2.20. The average Bonchev–Trinajstić information content (AvgIpc) is 2.28. The number of carboxylic acid groups (broad SMARTS) is 1. The lowest BCUT2D eigenvalue weighted by Crippen LogP contribution is -2.26. The molecule has 0 bridgehead atoms. The van der Waals surface area contributed by atoms with Gasteiger partial charge in [-0.2, -0.15) is 0 Å². The van der Waals surface area contributed by atoms with Crippen LogP contribution in [0.3, 0.4) is 0 Å². The zero-order valence-electron chi connectivity index (χ0n) is 10.5. The Bertz CT molecular complexity index is 481. The van der Waals surface area contributed by atoms with E-state index in [-0.39, 0.29) is 12.1 Å². The molecule has 1 rings (SSSR count). The summed E-state index contributed by atoms with van der Waals surface area (Å²) in [7, 11) is 1.40. The quantitative estimate of drug-likeness (QED) is 0.642. The van der Waals surface area contributed by atoms with E-state index in [0.29, 0.717) is 11.3 Å². The van der Waals surface area contributed by atoms with Crippen molar-refractivity contribution in [3.63, 3.8) is 0 Å². The molecule has 0 aliphatic heterocycles. The topological polar surface area (TPSA) is 89.7 Å². The van der Waals surface area contributed by atoms with Crippen LogP contribution in [0.2, 0.25) is 0 Å². The number of hydrogen-bond donors (Lipinski definition) is 1. The van der Waals surface area contributed by atoms with Crippen LogP contribution in [0.1, 0.15) is 19.4 Å². The van der Waals surface area contributed by atoms with Crippen molar-refractivity contribution in [2.45, 2.75) is 20.3 Å². The molecule has 0 unspecified atom stereocenters. The Morgan fingerprint density at radius 1 is 1.50 bits per heavy atom. The van der Waals surface area contributed by atoms with E-state index < -0.39 is 16.3 Å². The van der Waals surface area contributed by atoms with Crippen LogP contribution in [0.5, 0.6) is 5.75 Å². The Morgan fingerprint density at radius 3 is 2.56 bits per heavy atom. The summed E-state index contributed by atoms with van der Waals surface area (Å²) in [5.41, 5.74) is -0.400. The van der Waals surface area contributed by atoms with Gasteiger partial charge in [0.2, 0.25) is 0 Å². The van der Waals surface area contributed by atoms with Crippen LogP contribution >= 0.6 is 0 Å². The van der Waals surface area contributed by atoms with E-state index in [4.69, 9.17) is 9.84 Å².